The van der Waals surface area contributed by atoms with Crippen molar-refractivity contribution >= 4 is 40.7 Å². The maximum absolute atomic E-state index is 14.6. The first kappa shape index (κ1) is 27.7. The van der Waals surface area contributed by atoms with Crippen molar-refractivity contribution in [2.24, 2.45) is 17.8 Å². The number of hydrogen-bond acceptors (Lipinski definition) is 5. The van der Waals surface area contributed by atoms with Crippen LogP contribution in [0.5, 0.6) is 0 Å². The van der Waals surface area contributed by atoms with E-state index in [4.69, 9.17) is 16.3 Å². The molecule has 8 nitrogen and oxygen atoms in total. The highest BCUT2D eigenvalue weighted by molar-refractivity contribution is 6.30. The number of likely N-dealkylation sites (tertiary alicyclic amines) is 1. The normalized spacial score (nSPS) is 31.7. The van der Waals surface area contributed by atoms with Crippen LogP contribution in [0, 0.1) is 17.8 Å². The highest BCUT2D eigenvalue weighted by atomic mass is 35.5. The molecule has 4 heterocycles. The molecule has 9 heteroatoms. The van der Waals surface area contributed by atoms with Crippen molar-refractivity contribution in [3.63, 3.8) is 0 Å². The Morgan fingerprint density at radius 1 is 0.878 bits per heavy atom. The zero-order valence-electron chi connectivity index (χ0n) is 23.3. The summed E-state index contributed by atoms with van der Waals surface area (Å²) in [6.07, 6.45) is 7.42. The average Bonchev–Trinajstić information content (AvgIpc) is 3.21. The van der Waals surface area contributed by atoms with Gasteiger partial charge < -0.3 is 24.5 Å². The van der Waals surface area contributed by atoms with Crippen molar-refractivity contribution in [1.29, 1.82) is 0 Å². The third-order valence-corrected chi connectivity index (χ3v) is 9.27. The Labute approximate surface area is 244 Å². The molecule has 1 N–H and O–H groups in total. The lowest BCUT2D eigenvalue weighted by atomic mass is 9.74. The molecule has 41 heavy (non-hydrogen) atoms. The average molecular weight is 576 g/mol. The van der Waals surface area contributed by atoms with Gasteiger partial charge in [0.05, 0.1) is 30.1 Å². The number of hydrogen-bond donors (Lipinski definition) is 1. The Morgan fingerprint density at radius 3 is 2.12 bits per heavy atom. The monoisotopic (exact) mass is 575 g/mol. The lowest BCUT2D eigenvalue weighted by Gasteiger charge is -2.41. The summed E-state index contributed by atoms with van der Waals surface area (Å²) < 4.78 is 6.90. The Hall–Kier alpha value is -3.46. The van der Waals surface area contributed by atoms with Crippen molar-refractivity contribution in [3.8, 4) is 0 Å². The maximum atomic E-state index is 14.6. The van der Waals surface area contributed by atoms with Gasteiger partial charge in [-0.05, 0) is 49.2 Å². The number of para-hydroxylation sites is 1. The fourth-order valence-corrected chi connectivity index (χ4v) is 7.26. The second kappa shape index (κ2) is 10.1. The zero-order chi connectivity index (χ0) is 29.1. The van der Waals surface area contributed by atoms with Crippen LogP contribution in [0.4, 0.5) is 11.4 Å². The summed E-state index contributed by atoms with van der Waals surface area (Å²) in [6, 6.07) is 14.6. The highest BCUT2D eigenvalue weighted by Crippen LogP contribution is 2.58. The van der Waals surface area contributed by atoms with Crippen molar-refractivity contribution in [2.45, 2.75) is 44.1 Å². The van der Waals surface area contributed by atoms with Crippen LogP contribution in [0.15, 0.2) is 78.9 Å². The number of amides is 3. The number of anilines is 2. The van der Waals surface area contributed by atoms with E-state index < -0.39 is 35.1 Å². The molecule has 0 aliphatic carbocycles. The van der Waals surface area contributed by atoms with E-state index >= 15 is 0 Å². The van der Waals surface area contributed by atoms with Crippen LogP contribution in [0.25, 0.3) is 0 Å². The quantitative estimate of drug-likeness (QED) is 0.547. The summed E-state index contributed by atoms with van der Waals surface area (Å²) in [5, 5.41) is 11.0. The predicted molar refractivity (Wildman–Crippen MR) is 156 cm³/mol. The number of fused-ring (bicyclic) bond motifs is 2. The first-order valence-electron chi connectivity index (χ1n) is 14.0. The standard InChI is InChI=1S/C32H34ClN3O5/c1-20(2)24(19-37)36-27-30(40)35(23-13-11-21(33)12-14-23)18-8-16-32(27)26(29(36)39)25-28(38)34(22-9-5-4-6-10-22)17-7-15-31(25,3)41-32/h4-16,20,24-27,37H,17-19H2,1-3H3/t24-,25+,26-,27?,31-,32-/m0/s1. The lowest BCUT2D eigenvalue weighted by Crippen LogP contribution is -2.59. The number of benzene rings is 2. The van der Waals surface area contributed by atoms with Gasteiger partial charge in [0.2, 0.25) is 11.8 Å². The predicted octanol–water partition coefficient (Wildman–Crippen LogP) is 3.83. The van der Waals surface area contributed by atoms with Crippen LogP contribution in [-0.2, 0) is 19.1 Å². The number of halogens is 1. The van der Waals surface area contributed by atoms with E-state index in [1.165, 1.54) is 4.90 Å². The molecular weight excluding hydrogens is 542 g/mol. The second-order valence-electron chi connectivity index (χ2n) is 11.8. The van der Waals surface area contributed by atoms with E-state index in [0.717, 1.165) is 5.69 Å². The number of carbonyl (C=O) groups excluding carboxylic acids is 3. The first-order valence-corrected chi connectivity index (χ1v) is 14.4. The summed E-state index contributed by atoms with van der Waals surface area (Å²) in [5.41, 5.74) is -1.18. The molecule has 1 spiro atoms. The fraction of sp³-hybridized carbons (Fsp3) is 0.406. The molecule has 214 valence electrons. The third kappa shape index (κ3) is 4.15. The van der Waals surface area contributed by atoms with E-state index in [9.17, 15) is 19.5 Å². The van der Waals surface area contributed by atoms with E-state index in [-0.39, 0.29) is 36.8 Å². The smallest absolute Gasteiger partial charge is 0.253 e. The third-order valence-electron chi connectivity index (χ3n) is 9.01. The van der Waals surface area contributed by atoms with Gasteiger partial charge >= 0.3 is 0 Å². The van der Waals surface area contributed by atoms with Gasteiger partial charge in [-0.2, -0.15) is 0 Å². The van der Waals surface area contributed by atoms with Crippen LogP contribution < -0.4 is 9.80 Å². The SMILES string of the molecule is CC(C)[C@H](CO)N1C(=O)[C@@H]2[C@@H]3C(=O)N(c4ccccc4)CC=C[C@]3(C)O[C@@]23C=CCN(c2ccc(Cl)cc2)C(=O)C13. The van der Waals surface area contributed by atoms with Gasteiger partial charge in [-0.1, -0.05) is 68.0 Å². The Kier molecular flexibility index (Phi) is 6.83. The molecule has 4 aliphatic heterocycles. The summed E-state index contributed by atoms with van der Waals surface area (Å²) in [6.45, 7) is 5.91. The topological polar surface area (TPSA) is 90.4 Å². The molecular formula is C32H34ClN3O5. The van der Waals surface area contributed by atoms with E-state index in [1.807, 2.05) is 75.4 Å². The fourth-order valence-electron chi connectivity index (χ4n) is 7.13. The van der Waals surface area contributed by atoms with Crippen LogP contribution in [0.3, 0.4) is 0 Å². The van der Waals surface area contributed by atoms with Gasteiger partial charge in [0.25, 0.3) is 5.91 Å². The molecule has 2 fully saturated rings. The van der Waals surface area contributed by atoms with E-state index in [1.54, 1.807) is 34.1 Å². The number of ether oxygens (including phenoxy) is 1. The Morgan fingerprint density at radius 2 is 1.49 bits per heavy atom. The van der Waals surface area contributed by atoms with Crippen LogP contribution >= 0.6 is 11.6 Å². The Bertz CT molecular complexity index is 1430. The van der Waals surface area contributed by atoms with Gasteiger partial charge in [-0.25, -0.2) is 0 Å². The van der Waals surface area contributed by atoms with Crippen molar-refractivity contribution in [1.82, 2.24) is 4.90 Å². The molecule has 0 aromatic heterocycles. The number of carbonyl (C=O) groups is 3. The molecule has 1 unspecified atom stereocenters. The van der Waals surface area contributed by atoms with Gasteiger partial charge in [-0.3, -0.25) is 14.4 Å². The number of rotatable bonds is 5. The van der Waals surface area contributed by atoms with Crippen molar-refractivity contribution < 1.29 is 24.2 Å². The van der Waals surface area contributed by atoms with Gasteiger partial charge in [-0.15, -0.1) is 0 Å². The summed E-state index contributed by atoms with van der Waals surface area (Å²) in [7, 11) is 0. The van der Waals surface area contributed by atoms with Gasteiger partial charge in [0.1, 0.15) is 11.6 Å². The van der Waals surface area contributed by atoms with E-state index in [2.05, 4.69) is 0 Å². The molecule has 2 saturated heterocycles. The lowest BCUT2D eigenvalue weighted by molar-refractivity contribution is -0.149. The van der Waals surface area contributed by atoms with Crippen LogP contribution in [0.2, 0.25) is 5.02 Å². The summed E-state index contributed by atoms with van der Waals surface area (Å²) in [4.78, 5) is 48.4. The molecule has 0 radical (unpaired) electrons. The van der Waals surface area contributed by atoms with Gasteiger partial charge in [0, 0.05) is 29.5 Å². The minimum Gasteiger partial charge on any atom is -0.394 e. The number of nitrogens with zero attached hydrogens (tertiary/aromatic N) is 3. The van der Waals surface area contributed by atoms with Crippen LogP contribution in [0.1, 0.15) is 20.8 Å². The second-order valence-corrected chi connectivity index (χ2v) is 12.2. The molecule has 2 aromatic carbocycles. The van der Waals surface area contributed by atoms with Gasteiger partial charge in [0.15, 0.2) is 0 Å². The number of aliphatic hydroxyl groups is 1. The Balaban J connectivity index is 1.51. The van der Waals surface area contributed by atoms with Crippen molar-refractivity contribution in [2.75, 3.05) is 29.5 Å². The summed E-state index contributed by atoms with van der Waals surface area (Å²) in [5.74, 6) is -2.91. The molecule has 6 atom stereocenters. The molecule has 6 rings (SSSR count). The molecule has 0 saturated carbocycles. The van der Waals surface area contributed by atoms with E-state index in [0.29, 0.717) is 17.3 Å². The summed E-state index contributed by atoms with van der Waals surface area (Å²) >= 11 is 6.13. The largest absolute Gasteiger partial charge is 0.394 e. The number of aliphatic hydroxyl groups excluding tert-OH is 1. The minimum absolute atomic E-state index is 0.152. The minimum atomic E-state index is -1.41. The van der Waals surface area contributed by atoms with Crippen LogP contribution in [-0.4, -0.2) is 70.7 Å². The molecule has 4 aliphatic rings. The zero-order valence-corrected chi connectivity index (χ0v) is 24.1. The molecule has 3 amide bonds. The molecule has 2 aromatic rings. The molecule has 0 bridgehead atoms. The van der Waals surface area contributed by atoms with Crippen molar-refractivity contribution in [3.05, 3.63) is 83.9 Å². The highest BCUT2D eigenvalue weighted by Gasteiger charge is 2.75. The maximum Gasteiger partial charge on any atom is 0.253 e. The first-order chi connectivity index (χ1) is 19.6.